The van der Waals surface area contributed by atoms with Crippen LogP contribution in [-0.2, 0) is 6.42 Å². The first kappa shape index (κ1) is 13.8. The van der Waals surface area contributed by atoms with E-state index in [1.54, 1.807) is 20.4 Å². The Labute approximate surface area is 116 Å². The molecule has 1 atom stereocenters. The van der Waals surface area contributed by atoms with E-state index in [1.807, 2.05) is 25.1 Å². The van der Waals surface area contributed by atoms with E-state index < -0.39 is 6.10 Å². The van der Waals surface area contributed by atoms with Crippen molar-refractivity contribution >= 4 is 11.3 Å². The Kier molecular flexibility index (Phi) is 4.39. The van der Waals surface area contributed by atoms with Crippen LogP contribution in [0.15, 0.2) is 24.4 Å². The molecule has 1 heterocycles. The molecule has 0 spiro atoms. The molecule has 1 aromatic carbocycles. The molecule has 0 radical (unpaired) electrons. The molecule has 0 saturated carbocycles. The Morgan fingerprint density at radius 3 is 2.58 bits per heavy atom. The molecule has 1 aromatic heterocycles. The van der Waals surface area contributed by atoms with Gasteiger partial charge in [0.25, 0.3) is 0 Å². The van der Waals surface area contributed by atoms with Gasteiger partial charge in [-0.2, -0.15) is 0 Å². The van der Waals surface area contributed by atoms with Crippen molar-refractivity contribution in [2.45, 2.75) is 19.4 Å². The number of rotatable bonds is 5. The number of hydrogen-bond acceptors (Lipinski definition) is 5. The molecular formula is C14H17NO3S. The van der Waals surface area contributed by atoms with Gasteiger partial charge in [-0.1, -0.05) is 6.07 Å². The lowest BCUT2D eigenvalue weighted by atomic mass is 10.1. The zero-order valence-electron chi connectivity index (χ0n) is 11.2. The fourth-order valence-electron chi connectivity index (χ4n) is 1.86. The number of thiazole rings is 1. The number of ether oxygens (including phenoxy) is 2. The summed E-state index contributed by atoms with van der Waals surface area (Å²) in [5.74, 6) is 1.36. The predicted octanol–water partition coefficient (Wildman–Crippen LogP) is 2.74. The zero-order valence-corrected chi connectivity index (χ0v) is 12.0. The summed E-state index contributed by atoms with van der Waals surface area (Å²) in [4.78, 5) is 5.04. The van der Waals surface area contributed by atoms with Gasteiger partial charge in [-0.3, -0.25) is 0 Å². The summed E-state index contributed by atoms with van der Waals surface area (Å²) in [6.07, 6.45) is 1.72. The molecule has 0 bridgehead atoms. The van der Waals surface area contributed by atoms with Gasteiger partial charge in [0.1, 0.15) is 0 Å². The summed E-state index contributed by atoms with van der Waals surface area (Å²) >= 11 is 1.52. The molecule has 0 aliphatic heterocycles. The van der Waals surface area contributed by atoms with Crippen LogP contribution in [-0.4, -0.2) is 24.3 Å². The zero-order chi connectivity index (χ0) is 13.8. The molecule has 102 valence electrons. The quantitative estimate of drug-likeness (QED) is 0.914. The highest BCUT2D eigenvalue weighted by molar-refractivity contribution is 7.11. The van der Waals surface area contributed by atoms with Gasteiger partial charge in [-0.15, -0.1) is 11.3 Å². The van der Waals surface area contributed by atoms with Crippen LogP contribution >= 0.6 is 11.3 Å². The van der Waals surface area contributed by atoms with Gasteiger partial charge in [0.05, 0.1) is 30.2 Å². The second-order valence-electron chi connectivity index (χ2n) is 4.19. The number of aryl methyl sites for hydroxylation is 1. The summed E-state index contributed by atoms with van der Waals surface area (Å²) < 4.78 is 10.4. The average molecular weight is 279 g/mol. The van der Waals surface area contributed by atoms with Gasteiger partial charge < -0.3 is 14.6 Å². The van der Waals surface area contributed by atoms with Crippen LogP contribution in [0.25, 0.3) is 0 Å². The summed E-state index contributed by atoms with van der Waals surface area (Å²) in [6.45, 7) is 1.93. The van der Waals surface area contributed by atoms with Crippen molar-refractivity contribution in [3.63, 3.8) is 0 Å². The molecule has 0 saturated heterocycles. The molecule has 5 heteroatoms. The SMILES string of the molecule is COc1ccc(CC(O)c2cnc(C)s2)cc1OC. The Balaban J connectivity index is 2.14. The van der Waals surface area contributed by atoms with Crippen LogP contribution in [0.5, 0.6) is 11.5 Å². The van der Waals surface area contributed by atoms with E-state index in [0.29, 0.717) is 17.9 Å². The molecule has 2 rings (SSSR count). The molecule has 0 aliphatic rings. The molecule has 19 heavy (non-hydrogen) atoms. The van der Waals surface area contributed by atoms with Gasteiger partial charge in [0, 0.05) is 12.6 Å². The van der Waals surface area contributed by atoms with E-state index in [0.717, 1.165) is 15.4 Å². The second kappa shape index (κ2) is 6.04. The van der Waals surface area contributed by atoms with Crippen molar-refractivity contribution in [3.8, 4) is 11.5 Å². The van der Waals surface area contributed by atoms with E-state index in [-0.39, 0.29) is 0 Å². The smallest absolute Gasteiger partial charge is 0.160 e. The summed E-state index contributed by atoms with van der Waals surface area (Å²) in [5.41, 5.74) is 0.996. The number of nitrogens with zero attached hydrogens (tertiary/aromatic N) is 1. The molecule has 1 unspecified atom stereocenters. The number of benzene rings is 1. The van der Waals surface area contributed by atoms with Gasteiger partial charge in [0.15, 0.2) is 11.5 Å². The standard InChI is InChI=1S/C14H17NO3S/c1-9-15-8-14(19-9)11(16)6-10-4-5-12(17-2)13(7-10)18-3/h4-5,7-8,11,16H,6H2,1-3H3. The van der Waals surface area contributed by atoms with E-state index >= 15 is 0 Å². The minimum atomic E-state index is -0.538. The normalized spacial score (nSPS) is 12.2. The Hall–Kier alpha value is -1.59. The fourth-order valence-corrected chi connectivity index (χ4v) is 2.63. The molecular weight excluding hydrogens is 262 g/mol. The minimum absolute atomic E-state index is 0.530. The number of hydrogen-bond donors (Lipinski definition) is 1. The van der Waals surface area contributed by atoms with Crippen molar-refractivity contribution in [2.24, 2.45) is 0 Å². The molecule has 0 fully saturated rings. The van der Waals surface area contributed by atoms with Gasteiger partial charge in [-0.25, -0.2) is 4.98 Å². The van der Waals surface area contributed by atoms with Crippen LogP contribution < -0.4 is 9.47 Å². The van der Waals surface area contributed by atoms with Crippen LogP contribution in [0.4, 0.5) is 0 Å². The maximum atomic E-state index is 10.2. The topological polar surface area (TPSA) is 51.6 Å². The largest absolute Gasteiger partial charge is 0.493 e. The van der Waals surface area contributed by atoms with Crippen LogP contribution in [0, 0.1) is 6.92 Å². The van der Waals surface area contributed by atoms with Crippen LogP contribution in [0.3, 0.4) is 0 Å². The van der Waals surface area contributed by atoms with Crippen molar-refractivity contribution < 1.29 is 14.6 Å². The number of aliphatic hydroxyl groups is 1. The third kappa shape index (κ3) is 3.24. The Morgan fingerprint density at radius 1 is 1.26 bits per heavy atom. The van der Waals surface area contributed by atoms with Gasteiger partial charge >= 0.3 is 0 Å². The maximum Gasteiger partial charge on any atom is 0.160 e. The van der Waals surface area contributed by atoms with Crippen molar-refractivity contribution in [1.82, 2.24) is 4.98 Å². The van der Waals surface area contributed by atoms with E-state index in [1.165, 1.54) is 11.3 Å². The summed E-state index contributed by atoms with van der Waals surface area (Å²) in [7, 11) is 3.21. The first-order valence-electron chi connectivity index (χ1n) is 5.95. The van der Waals surface area contributed by atoms with Crippen molar-refractivity contribution in [3.05, 3.63) is 39.8 Å². The molecule has 0 aliphatic carbocycles. The van der Waals surface area contributed by atoms with E-state index in [4.69, 9.17) is 9.47 Å². The number of aromatic nitrogens is 1. The van der Waals surface area contributed by atoms with Crippen LogP contribution in [0.1, 0.15) is 21.6 Å². The predicted molar refractivity (Wildman–Crippen MR) is 75.1 cm³/mol. The van der Waals surface area contributed by atoms with Crippen molar-refractivity contribution in [1.29, 1.82) is 0 Å². The molecule has 1 N–H and O–H groups in total. The third-order valence-electron chi connectivity index (χ3n) is 2.84. The molecule has 4 nitrogen and oxygen atoms in total. The van der Waals surface area contributed by atoms with E-state index in [2.05, 4.69) is 4.98 Å². The first-order chi connectivity index (χ1) is 9.13. The van der Waals surface area contributed by atoms with Gasteiger partial charge in [0.2, 0.25) is 0 Å². The Morgan fingerprint density at radius 2 is 2.00 bits per heavy atom. The minimum Gasteiger partial charge on any atom is -0.493 e. The molecule has 0 amide bonds. The Bertz CT molecular complexity index is 553. The second-order valence-corrected chi connectivity index (χ2v) is 5.46. The average Bonchev–Trinajstić information content (AvgIpc) is 2.85. The highest BCUT2D eigenvalue weighted by atomic mass is 32.1. The highest BCUT2D eigenvalue weighted by Gasteiger charge is 2.13. The van der Waals surface area contributed by atoms with Crippen LogP contribution in [0.2, 0.25) is 0 Å². The fraction of sp³-hybridized carbons (Fsp3) is 0.357. The maximum absolute atomic E-state index is 10.2. The monoisotopic (exact) mass is 279 g/mol. The molecule has 2 aromatic rings. The lowest BCUT2D eigenvalue weighted by molar-refractivity contribution is 0.182. The number of aliphatic hydroxyl groups excluding tert-OH is 1. The van der Waals surface area contributed by atoms with E-state index in [9.17, 15) is 5.11 Å². The van der Waals surface area contributed by atoms with Crippen molar-refractivity contribution in [2.75, 3.05) is 14.2 Å². The lowest BCUT2D eigenvalue weighted by Crippen LogP contribution is -2.00. The lowest BCUT2D eigenvalue weighted by Gasteiger charge is -2.12. The third-order valence-corrected chi connectivity index (χ3v) is 3.86. The summed E-state index contributed by atoms with van der Waals surface area (Å²) in [5, 5.41) is 11.1. The summed E-state index contributed by atoms with van der Waals surface area (Å²) in [6, 6.07) is 5.66. The first-order valence-corrected chi connectivity index (χ1v) is 6.77. The van der Waals surface area contributed by atoms with Gasteiger partial charge in [-0.05, 0) is 24.6 Å². The highest BCUT2D eigenvalue weighted by Crippen LogP contribution is 2.30. The number of methoxy groups -OCH3 is 2.